The summed E-state index contributed by atoms with van der Waals surface area (Å²) < 4.78 is 12.9. The molecule has 0 atom stereocenters. The highest BCUT2D eigenvalue weighted by atomic mass is 19.1. The monoisotopic (exact) mass is 115 g/mol. The molecule has 2 heteroatoms. The maximum atomic E-state index is 12.9. The molecular formula is C6H10FN. The fraction of sp³-hybridized carbons (Fsp3) is 1.00. The molecule has 3 fully saturated rings. The summed E-state index contributed by atoms with van der Waals surface area (Å²) in [6.45, 7) is 0.678. The fourth-order valence-electron chi connectivity index (χ4n) is 1.80. The maximum Gasteiger partial charge on any atom is 0.126 e. The highest BCUT2D eigenvalue weighted by Gasteiger charge is 2.54. The highest BCUT2D eigenvalue weighted by molar-refractivity contribution is 5.08. The van der Waals surface area contributed by atoms with Crippen molar-refractivity contribution in [3.63, 3.8) is 0 Å². The number of fused-ring (bicyclic) bond motifs is 1. The van der Waals surface area contributed by atoms with Gasteiger partial charge >= 0.3 is 0 Å². The first-order chi connectivity index (χ1) is 3.70. The third kappa shape index (κ3) is 0.395. The molecule has 0 spiro atoms. The molecule has 0 radical (unpaired) electrons. The van der Waals surface area contributed by atoms with Crippen molar-refractivity contribution in [3.05, 3.63) is 0 Å². The Morgan fingerprint density at radius 3 is 2.38 bits per heavy atom. The minimum absolute atomic E-state index is 0.583. The molecule has 0 amide bonds. The molecule has 0 N–H and O–H groups in total. The SMILES string of the molecule is CN1CC2(F)CC1C2. The molecule has 0 unspecified atom stereocenters. The summed E-state index contributed by atoms with van der Waals surface area (Å²) in [5.41, 5.74) is -0.764. The van der Waals surface area contributed by atoms with Crippen molar-refractivity contribution in [2.24, 2.45) is 0 Å². The van der Waals surface area contributed by atoms with E-state index in [0.717, 1.165) is 12.8 Å². The molecule has 2 heterocycles. The zero-order valence-corrected chi connectivity index (χ0v) is 5.02. The predicted octanol–water partition coefficient (Wildman–Crippen LogP) is 0.802. The zero-order chi connectivity index (χ0) is 5.78. The van der Waals surface area contributed by atoms with E-state index in [2.05, 4.69) is 4.90 Å². The van der Waals surface area contributed by atoms with Gasteiger partial charge in [-0.2, -0.15) is 0 Å². The van der Waals surface area contributed by atoms with Gasteiger partial charge in [-0.3, -0.25) is 0 Å². The van der Waals surface area contributed by atoms with E-state index in [9.17, 15) is 4.39 Å². The summed E-state index contributed by atoms with van der Waals surface area (Å²) in [7, 11) is 2.00. The van der Waals surface area contributed by atoms with Crippen LogP contribution in [0.5, 0.6) is 0 Å². The van der Waals surface area contributed by atoms with Gasteiger partial charge in [-0.25, -0.2) is 4.39 Å². The first kappa shape index (κ1) is 4.74. The number of hydrogen-bond donors (Lipinski definition) is 0. The molecule has 8 heavy (non-hydrogen) atoms. The summed E-state index contributed by atoms with van der Waals surface area (Å²) >= 11 is 0. The Balaban J connectivity index is 2.17. The van der Waals surface area contributed by atoms with Crippen molar-refractivity contribution in [1.82, 2.24) is 4.90 Å². The van der Waals surface area contributed by atoms with Gasteiger partial charge in [0.15, 0.2) is 0 Å². The number of alkyl halides is 1. The standard InChI is InChI=1S/C6H10FN/c1-8-4-6(7)2-5(8)3-6/h5H,2-4H2,1H3. The van der Waals surface area contributed by atoms with Crippen molar-refractivity contribution in [3.8, 4) is 0 Å². The Bertz CT molecular complexity index is 118. The van der Waals surface area contributed by atoms with Crippen molar-refractivity contribution >= 4 is 0 Å². The average Bonchev–Trinajstić information content (AvgIpc) is 1.88. The minimum Gasteiger partial charge on any atom is -0.300 e. The van der Waals surface area contributed by atoms with Crippen LogP contribution in [-0.4, -0.2) is 30.2 Å². The van der Waals surface area contributed by atoms with Crippen LogP contribution >= 0.6 is 0 Å². The lowest BCUT2D eigenvalue weighted by Gasteiger charge is -2.29. The zero-order valence-electron chi connectivity index (χ0n) is 5.02. The van der Waals surface area contributed by atoms with Gasteiger partial charge in [-0.05, 0) is 19.9 Å². The molecular weight excluding hydrogens is 105 g/mol. The Hall–Kier alpha value is -0.110. The van der Waals surface area contributed by atoms with Crippen LogP contribution in [-0.2, 0) is 0 Å². The second-order valence-corrected chi connectivity index (χ2v) is 3.13. The van der Waals surface area contributed by atoms with Gasteiger partial charge in [-0.15, -0.1) is 0 Å². The number of nitrogens with zero attached hydrogens (tertiary/aromatic N) is 1. The first-order valence-electron chi connectivity index (χ1n) is 3.09. The van der Waals surface area contributed by atoms with Crippen molar-refractivity contribution < 1.29 is 4.39 Å². The van der Waals surface area contributed by atoms with Crippen LogP contribution in [0.25, 0.3) is 0 Å². The third-order valence-corrected chi connectivity index (χ3v) is 2.36. The molecule has 1 saturated carbocycles. The number of rotatable bonds is 0. The smallest absolute Gasteiger partial charge is 0.126 e. The van der Waals surface area contributed by atoms with Crippen LogP contribution < -0.4 is 0 Å². The van der Waals surface area contributed by atoms with Crippen LogP contribution in [0.4, 0.5) is 4.39 Å². The first-order valence-corrected chi connectivity index (χ1v) is 3.09. The quantitative estimate of drug-likeness (QED) is 0.451. The topological polar surface area (TPSA) is 3.24 Å². The van der Waals surface area contributed by atoms with Crippen LogP contribution in [0.2, 0.25) is 0 Å². The highest BCUT2D eigenvalue weighted by Crippen LogP contribution is 2.46. The molecule has 0 aromatic carbocycles. The second-order valence-electron chi connectivity index (χ2n) is 3.13. The molecule has 1 aliphatic carbocycles. The molecule has 46 valence electrons. The Labute approximate surface area is 48.5 Å². The van der Waals surface area contributed by atoms with Gasteiger partial charge in [0, 0.05) is 12.6 Å². The molecule has 3 rings (SSSR count). The van der Waals surface area contributed by atoms with Gasteiger partial charge in [-0.1, -0.05) is 0 Å². The van der Waals surface area contributed by atoms with Crippen LogP contribution in [0.1, 0.15) is 12.8 Å². The molecule has 3 aliphatic rings. The van der Waals surface area contributed by atoms with Crippen molar-refractivity contribution in [2.45, 2.75) is 24.6 Å². The number of hydrogen-bond acceptors (Lipinski definition) is 1. The lowest BCUT2D eigenvalue weighted by atomic mass is 9.83. The van der Waals surface area contributed by atoms with E-state index in [-0.39, 0.29) is 0 Å². The van der Waals surface area contributed by atoms with Crippen LogP contribution in [0.15, 0.2) is 0 Å². The molecule has 1 nitrogen and oxygen atoms in total. The molecule has 2 saturated heterocycles. The lowest BCUT2D eigenvalue weighted by Crippen LogP contribution is -2.35. The second kappa shape index (κ2) is 1.08. The van der Waals surface area contributed by atoms with Gasteiger partial charge in [0.25, 0.3) is 0 Å². The minimum atomic E-state index is -0.764. The number of halogens is 1. The van der Waals surface area contributed by atoms with E-state index in [4.69, 9.17) is 0 Å². The van der Waals surface area contributed by atoms with E-state index < -0.39 is 5.67 Å². The van der Waals surface area contributed by atoms with E-state index in [1.165, 1.54) is 0 Å². The third-order valence-electron chi connectivity index (χ3n) is 2.36. The van der Waals surface area contributed by atoms with E-state index in [0.29, 0.717) is 12.6 Å². The Morgan fingerprint density at radius 2 is 2.25 bits per heavy atom. The van der Waals surface area contributed by atoms with E-state index >= 15 is 0 Å². The van der Waals surface area contributed by atoms with Gasteiger partial charge in [0.2, 0.25) is 0 Å². The molecule has 2 aliphatic heterocycles. The normalized spacial score (nSPS) is 54.0. The molecule has 2 bridgehead atoms. The predicted molar refractivity (Wildman–Crippen MR) is 29.5 cm³/mol. The van der Waals surface area contributed by atoms with Gasteiger partial charge in [0.05, 0.1) is 0 Å². The Morgan fingerprint density at radius 1 is 1.62 bits per heavy atom. The summed E-state index contributed by atoms with van der Waals surface area (Å²) in [5, 5.41) is 0. The van der Waals surface area contributed by atoms with Gasteiger partial charge < -0.3 is 4.90 Å². The molecule has 0 aromatic rings. The molecule has 0 aromatic heterocycles. The van der Waals surface area contributed by atoms with Crippen molar-refractivity contribution in [2.75, 3.05) is 13.6 Å². The maximum absolute atomic E-state index is 12.9. The van der Waals surface area contributed by atoms with Crippen LogP contribution in [0, 0.1) is 0 Å². The lowest BCUT2D eigenvalue weighted by molar-refractivity contribution is 0.110. The average molecular weight is 115 g/mol. The summed E-state index contributed by atoms with van der Waals surface area (Å²) in [5.74, 6) is 0. The van der Waals surface area contributed by atoms with Gasteiger partial charge in [0.1, 0.15) is 5.67 Å². The summed E-state index contributed by atoms with van der Waals surface area (Å²) in [6.07, 6.45) is 1.59. The largest absolute Gasteiger partial charge is 0.300 e. The summed E-state index contributed by atoms with van der Waals surface area (Å²) in [6, 6.07) is 0.583. The van der Waals surface area contributed by atoms with Crippen LogP contribution in [0.3, 0.4) is 0 Å². The summed E-state index contributed by atoms with van der Waals surface area (Å²) in [4.78, 5) is 2.11. The Kier molecular flexibility index (Phi) is 0.639. The fourth-order valence-corrected chi connectivity index (χ4v) is 1.80. The van der Waals surface area contributed by atoms with E-state index in [1.54, 1.807) is 0 Å². The van der Waals surface area contributed by atoms with E-state index in [1.807, 2.05) is 7.05 Å². The van der Waals surface area contributed by atoms with Crippen molar-refractivity contribution in [1.29, 1.82) is 0 Å².